The van der Waals surface area contributed by atoms with Crippen LogP contribution in [0.5, 0.6) is 0 Å². The van der Waals surface area contributed by atoms with Crippen molar-refractivity contribution in [2.75, 3.05) is 33.3 Å². The Bertz CT molecular complexity index is 714. The summed E-state index contributed by atoms with van der Waals surface area (Å²) in [6.07, 6.45) is 5.68. The van der Waals surface area contributed by atoms with Crippen molar-refractivity contribution in [1.29, 1.82) is 0 Å². The first-order valence-corrected chi connectivity index (χ1v) is 11.8. The van der Waals surface area contributed by atoms with E-state index in [4.69, 9.17) is 4.74 Å². The molecule has 0 bridgehead atoms. The molecule has 1 aliphatic carbocycles. The first-order valence-electron chi connectivity index (χ1n) is 11.8. The van der Waals surface area contributed by atoms with E-state index < -0.39 is 0 Å². The van der Waals surface area contributed by atoms with Gasteiger partial charge in [-0.3, -0.25) is 0 Å². The van der Waals surface area contributed by atoms with E-state index in [2.05, 4.69) is 63.8 Å². The molecule has 3 rings (SSSR count). The highest BCUT2D eigenvalue weighted by Gasteiger charge is 2.43. The number of amides is 1. The molecule has 1 fully saturated rings. The van der Waals surface area contributed by atoms with E-state index in [-0.39, 0.29) is 17.6 Å². The van der Waals surface area contributed by atoms with Crippen LogP contribution in [0.15, 0.2) is 24.3 Å². The van der Waals surface area contributed by atoms with Gasteiger partial charge in [-0.1, -0.05) is 58.9 Å². The fraction of sp³-hybridized carbons (Fsp3) is 0.731. The lowest BCUT2D eigenvalue weighted by atomic mass is 9.63. The van der Waals surface area contributed by atoms with E-state index in [0.717, 1.165) is 12.8 Å². The van der Waals surface area contributed by atoms with E-state index in [0.29, 0.717) is 17.9 Å². The molecule has 4 heteroatoms. The molecule has 0 N–H and O–H groups in total. The van der Waals surface area contributed by atoms with Crippen LogP contribution in [-0.2, 0) is 10.2 Å². The predicted molar refractivity (Wildman–Crippen MR) is 124 cm³/mol. The van der Waals surface area contributed by atoms with Crippen LogP contribution in [0.4, 0.5) is 4.79 Å². The van der Waals surface area contributed by atoms with Crippen LogP contribution in [0.3, 0.4) is 0 Å². The number of fused-ring (bicyclic) bond motifs is 2. The quantitative estimate of drug-likeness (QED) is 0.591. The molecule has 2 aliphatic rings. The second kappa shape index (κ2) is 9.30. The number of ether oxygens (including phenoxy) is 1. The van der Waals surface area contributed by atoms with E-state index >= 15 is 0 Å². The van der Waals surface area contributed by atoms with Crippen LogP contribution >= 0.6 is 0 Å². The van der Waals surface area contributed by atoms with Crippen LogP contribution in [-0.4, -0.2) is 49.2 Å². The van der Waals surface area contributed by atoms with Crippen molar-refractivity contribution in [3.8, 4) is 0 Å². The molecule has 0 saturated carbocycles. The summed E-state index contributed by atoms with van der Waals surface area (Å²) in [5.41, 5.74) is 3.47. The highest BCUT2D eigenvalue weighted by atomic mass is 16.6. The van der Waals surface area contributed by atoms with Crippen LogP contribution < -0.4 is 0 Å². The Morgan fingerprint density at radius 1 is 1.20 bits per heavy atom. The number of carbonyl (C=O) groups is 1. The SMILES string of the molecule is CC(C)COC(=O)N(C)[C@H]1CCC2(CCN(CCC(C)(C)C)CC2)c2ccccc21. The first kappa shape index (κ1) is 23.1. The molecule has 0 aromatic heterocycles. The standard InChI is InChI=1S/C26H42N2O2/c1-20(2)19-30-24(29)27(6)23-11-12-26(22-10-8-7-9-21(22)23)14-17-28(18-15-26)16-13-25(3,4)5/h7-10,20,23H,11-19H2,1-6H3/t23-/m0/s1. The van der Waals surface area contributed by atoms with Crippen molar-refractivity contribution in [3.05, 3.63) is 35.4 Å². The van der Waals surface area contributed by atoms with Crippen molar-refractivity contribution in [2.24, 2.45) is 11.3 Å². The van der Waals surface area contributed by atoms with Crippen molar-refractivity contribution in [3.63, 3.8) is 0 Å². The minimum Gasteiger partial charge on any atom is -0.449 e. The Kier molecular flexibility index (Phi) is 7.16. The number of benzene rings is 1. The van der Waals surface area contributed by atoms with Gasteiger partial charge >= 0.3 is 6.09 Å². The molecular weight excluding hydrogens is 372 g/mol. The van der Waals surface area contributed by atoms with Gasteiger partial charge in [-0.25, -0.2) is 4.79 Å². The van der Waals surface area contributed by atoms with E-state index in [1.807, 2.05) is 11.9 Å². The minimum absolute atomic E-state index is 0.116. The van der Waals surface area contributed by atoms with Crippen molar-refractivity contribution < 1.29 is 9.53 Å². The number of hydrogen-bond donors (Lipinski definition) is 0. The number of piperidine rings is 1. The first-order chi connectivity index (χ1) is 14.1. The van der Waals surface area contributed by atoms with Crippen LogP contribution in [0, 0.1) is 11.3 Å². The molecular formula is C26H42N2O2. The zero-order chi connectivity index (χ0) is 21.9. The maximum Gasteiger partial charge on any atom is 0.410 e. The number of hydrogen-bond acceptors (Lipinski definition) is 3. The van der Waals surface area contributed by atoms with Crippen molar-refractivity contribution >= 4 is 6.09 Å². The number of nitrogens with zero attached hydrogens (tertiary/aromatic N) is 2. The molecule has 1 aromatic carbocycles. The molecule has 4 nitrogen and oxygen atoms in total. The van der Waals surface area contributed by atoms with Gasteiger partial charge in [-0.2, -0.15) is 0 Å². The predicted octanol–water partition coefficient (Wildman–Crippen LogP) is 6.02. The topological polar surface area (TPSA) is 32.8 Å². The Hall–Kier alpha value is -1.55. The minimum atomic E-state index is -0.198. The zero-order valence-corrected chi connectivity index (χ0v) is 20.0. The summed E-state index contributed by atoms with van der Waals surface area (Å²) in [6.45, 7) is 15.2. The number of likely N-dealkylation sites (tertiary alicyclic amines) is 1. The van der Waals surface area contributed by atoms with Gasteiger partial charge in [-0.05, 0) is 79.6 Å². The molecule has 1 spiro atoms. The molecule has 30 heavy (non-hydrogen) atoms. The van der Waals surface area contributed by atoms with Crippen LogP contribution in [0.2, 0.25) is 0 Å². The largest absolute Gasteiger partial charge is 0.449 e. The average molecular weight is 415 g/mol. The second-order valence-electron chi connectivity index (χ2n) is 11.2. The van der Waals surface area contributed by atoms with Gasteiger partial charge in [0.25, 0.3) is 0 Å². The molecule has 1 atom stereocenters. The molecule has 1 aromatic rings. The molecule has 1 aliphatic heterocycles. The lowest BCUT2D eigenvalue weighted by Crippen LogP contribution is -2.47. The lowest BCUT2D eigenvalue weighted by molar-refractivity contribution is 0.0745. The zero-order valence-electron chi connectivity index (χ0n) is 20.0. The number of carbonyl (C=O) groups excluding carboxylic acids is 1. The third kappa shape index (κ3) is 5.38. The van der Waals surface area contributed by atoms with Crippen molar-refractivity contribution in [2.45, 2.75) is 78.2 Å². The summed E-state index contributed by atoms with van der Waals surface area (Å²) < 4.78 is 5.52. The fourth-order valence-electron chi connectivity index (χ4n) is 5.06. The second-order valence-corrected chi connectivity index (χ2v) is 11.2. The summed E-state index contributed by atoms with van der Waals surface area (Å²) in [5, 5.41) is 0. The Labute approximate surface area is 184 Å². The molecule has 0 radical (unpaired) electrons. The highest BCUT2D eigenvalue weighted by molar-refractivity contribution is 5.68. The van der Waals surface area contributed by atoms with Crippen molar-refractivity contribution in [1.82, 2.24) is 9.80 Å². The van der Waals surface area contributed by atoms with Gasteiger partial charge in [0, 0.05) is 7.05 Å². The van der Waals surface area contributed by atoms with E-state index in [1.165, 1.54) is 50.0 Å². The Morgan fingerprint density at radius 2 is 1.87 bits per heavy atom. The third-order valence-electron chi connectivity index (χ3n) is 7.07. The summed E-state index contributed by atoms with van der Waals surface area (Å²) in [4.78, 5) is 17.1. The molecule has 0 unspecified atom stereocenters. The maximum absolute atomic E-state index is 12.6. The molecule has 1 saturated heterocycles. The Morgan fingerprint density at radius 3 is 2.50 bits per heavy atom. The lowest BCUT2D eigenvalue weighted by Gasteiger charge is -2.48. The highest BCUT2D eigenvalue weighted by Crippen LogP contribution is 2.49. The van der Waals surface area contributed by atoms with Gasteiger partial charge in [0.1, 0.15) is 0 Å². The van der Waals surface area contributed by atoms with Crippen LogP contribution in [0.1, 0.15) is 83.9 Å². The normalized spacial score (nSPS) is 21.5. The Balaban J connectivity index is 1.71. The summed E-state index contributed by atoms with van der Waals surface area (Å²) in [7, 11) is 1.90. The molecule has 1 heterocycles. The number of rotatable bonds is 5. The van der Waals surface area contributed by atoms with Gasteiger partial charge in [0.2, 0.25) is 0 Å². The summed E-state index contributed by atoms with van der Waals surface area (Å²) in [5.74, 6) is 0.354. The van der Waals surface area contributed by atoms with Gasteiger partial charge in [-0.15, -0.1) is 0 Å². The molecule has 168 valence electrons. The van der Waals surface area contributed by atoms with Gasteiger partial charge < -0.3 is 14.5 Å². The van der Waals surface area contributed by atoms with Gasteiger partial charge in [0.05, 0.1) is 12.6 Å². The van der Waals surface area contributed by atoms with E-state index in [9.17, 15) is 4.79 Å². The van der Waals surface area contributed by atoms with Crippen LogP contribution in [0.25, 0.3) is 0 Å². The molecule has 1 amide bonds. The summed E-state index contributed by atoms with van der Waals surface area (Å²) >= 11 is 0. The average Bonchev–Trinajstić information content (AvgIpc) is 2.71. The monoisotopic (exact) mass is 414 g/mol. The van der Waals surface area contributed by atoms with E-state index in [1.54, 1.807) is 0 Å². The maximum atomic E-state index is 12.6. The fourth-order valence-corrected chi connectivity index (χ4v) is 5.06. The smallest absolute Gasteiger partial charge is 0.410 e. The third-order valence-corrected chi connectivity index (χ3v) is 7.07. The van der Waals surface area contributed by atoms with Gasteiger partial charge in [0.15, 0.2) is 0 Å². The summed E-state index contributed by atoms with van der Waals surface area (Å²) in [6, 6.07) is 8.96.